The quantitative estimate of drug-likeness (QED) is 0.619. The summed E-state index contributed by atoms with van der Waals surface area (Å²) in [6.45, 7) is 2.11. The molecule has 0 heterocycles. The van der Waals surface area contributed by atoms with E-state index in [0.29, 0.717) is 17.3 Å². The number of carbonyl (C=O) groups excluding carboxylic acids is 2. The van der Waals surface area contributed by atoms with Crippen LogP contribution in [0.3, 0.4) is 0 Å². The normalized spacial score (nSPS) is 11.7. The van der Waals surface area contributed by atoms with Gasteiger partial charge in [-0.1, -0.05) is 51.8 Å². The van der Waals surface area contributed by atoms with Gasteiger partial charge in [-0.2, -0.15) is 0 Å². The Morgan fingerprint density at radius 3 is 2.30 bits per heavy atom. The van der Waals surface area contributed by atoms with E-state index in [9.17, 15) is 9.59 Å². The smallest absolute Gasteiger partial charge is 0.242 e. The Bertz CT molecular complexity index is 769. The fourth-order valence-electron chi connectivity index (χ4n) is 2.50. The summed E-state index contributed by atoms with van der Waals surface area (Å²) in [6, 6.07) is 14.8. The summed E-state index contributed by atoms with van der Waals surface area (Å²) in [4.78, 5) is 26.5. The fraction of sp³-hybridized carbons (Fsp3) is 0.300. The van der Waals surface area contributed by atoms with E-state index in [0.717, 1.165) is 21.4 Å². The number of carbonyl (C=O) groups is 2. The molecular formula is C20H22BrClN2O2S. The second-order valence-corrected chi connectivity index (χ2v) is 8.40. The van der Waals surface area contributed by atoms with Gasteiger partial charge in [-0.25, -0.2) is 0 Å². The summed E-state index contributed by atoms with van der Waals surface area (Å²) in [5, 5.41) is 3.26. The molecule has 0 aliphatic carbocycles. The van der Waals surface area contributed by atoms with Crippen LogP contribution in [0, 0.1) is 0 Å². The highest BCUT2D eigenvalue weighted by atomic mass is 79.9. The SMILES string of the molecule is CNC(=O)[C@@H](C)N(Cc1ccc(Cl)cc1)C(=O)CSCc1ccc(Br)cc1. The molecule has 2 aromatic rings. The summed E-state index contributed by atoms with van der Waals surface area (Å²) >= 11 is 10.9. The summed E-state index contributed by atoms with van der Waals surface area (Å²) in [7, 11) is 1.58. The summed E-state index contributed by atoms with van der Waals surface area (Å²) in [6.07, 6.45) is 0. The molecule has 0 radical (unpaired) electrons. The van der Waals surface area contributed by atoms with Crippen LogP contribution in [-0.4, -0.2) is 35.6 Å². The molecule has 0 bridgehead atoms. The first-order valence-corrected chi connectivity index (χ1v) is 10.8. The Balaban J connectivity index is 2.02. The molecule has 7 heteroatoms. The number of nitrogens with one attached hydrogen (secondary N) is 1. The molecule has 2 aromatic carbocycles. The molecule has 1 N–H and O–H groups in total. The van der Waals surface area contributed by atoms with Crippen molar-refractivity contribution < 1.29 is 9.59 Å². The standard InChI is InChI=1S/C20H22BrClN2O2S/c1-14(20(26)23-2)24(11-15-5-9-18(22)10-6-15)19(25)13-27-12-16-3-7-17(21)8-4-16/h3-10,14H,11-13H2,1-2H3,(H,23,26)/t14-/m1/s1. The van der Waals surface area contributed by atoms with Gasteiger partial charge < -0.3 is 10.2 Å². The highest BCUT2D eigenvalue weighted by Crippen LogP contribution is 2.18. The van der Waals surface area contributed by atoms with Crippen LogP contribution in [0.15, 0.2) is 53.0 Å². The Kier molecular flexibility index (Phi) is 8.67. The number of halogens is 2. The van der Waals surface area contributed by atoms with Gasteiger partial charge in [0.15, 0.2) is 0 Å². The number of benzene rings is 2. The molecule has 144 valence electrons. The van der Waals surface area contributed by atoms with Crippen molar-refractivity contribution in [3.05, 3.63) is 69.2 Å². The predicted molar refractivity (Wildman–Crippen MR) is 116 cm³/mol. The molecule has 0 saturated carbocycles. The zero-order chi connectivity index (χ0) is 19.8. The number of amides is 2. The van der Waals surface area contributed by atoms with Crippen molar-refractivity contribution in [3.8, 4) is 0 Å². The molecule has 2 rings (SSSR count). The third-order valence-electron chi connectivity index (χ3n) is 4.09. The number of likely N-dealkylation sites (N-methyl/N-ethyl adjacent to an activating group) is 1. The molecule has 27 heavy (non-hydrogen) atoms. The molecule has 0 unspecified atom stereocenters. The minimum absolute atomic E-state index is 0.0665. The van der Waals surface area contributed by atoms with Crippen molar-refractivity contribution in [3.63, 3.8) is 0 Å². The molecule has 0 saturated heterocycles. The molecule has 2 amide bonds. The number of thioether (sulfide) groups is 1. The number of hydrogen-bond donors (Lipinski definition) is 1. The second kappa shape index (κ2) is 10.7. The van der Waals surface area contributed by atoms with Gasteiger partial charge in [-0.3, -0.25) is 9.59 Å². The fourth-order valence-corrected chi connectivity index (χ4v) is 3.76. The average Bonchev–Trinajstić information content (AvgIpc) is 2.67. The van der Waals surface area contributed by atoms with Crippen LogP contribution in [0.5, 0.6) is 0 Å². The molecule has 0 fully saturated rings. The van der Waals surface area contributed by atoms with Gasteiger partial charge in [0.25, 0.3) is 0 Å². The first kappa shape index (κ1) is 21.8. The van der Waals surface area contributed by atoms with Crippen LogP contribution < -0.4 is 5.32 Å². The van der Waals surface area contributed by atoms with Gasteiger partial charge in [-0.05, 0) is 42.3 Å². The van der Waals surface area contributed by atoms with Crippen LogP contribution in [0.25, 0.3) is 0 Å². The van der Waals surface area contributed by atoms with Gasteiger partial charge in [0.05, 0.1) is 5.75 Å². The van der Waals surface area contributed by atoms with Gasteiger partial charge in [-0.15, -0.1) is 11.8 Å². The highest BCUT2D eigenvalue weighted by Gasteiger charge is 2.25. The van der Waals surface area contributed by atoms with Crippen molar-refractivity contribution in [2.45, 2.75) is 25.3 Å². The van der Waals surface area contributed by atoms with E-state index in [-0.39, 0.29) is 11.8 Å². The molecule has 0 aliphatic heterocycles. The highest BCUT2D eigenvalue weighted by molar-refractivity contribution is 9.10. The number of rotatable bonds is 8. The van der Waals surface area contributed by atoms with E-state index in [4.69, 9.17) is 11.6 Å². The van der Waals surface area contributed by atoms with Gasteiger partial charge in [0.2, 0.25) is 11.8 Å². The second-order valence-electron chi connectivity index (χ2n) is 6.06. The zero-order valence-corrected chi connectivity index (χ0v) is 18.4. The van der Waals surface area contributed by atoms with Gasteiger partial charge in [0, 0.05) is 28.8 Å². The van der Waals surface area contributed by atoms with Crippen molar-refractivity contribution in [1.29, 1.82) is 0 Å². The van der Waals surface area contributed by atoms with E-state index in [1.54, 1.807) is 31.0 Å². The molecule has 0 aliphatic rings. The molecule has 0 spiro atoms. The van der Waals surface area contributed by atoms with Crippen molar-refractivity contribution in [1.82, 2.24) is 10.2 Å². The van der Waals surface area contributed by atoms with Crippen LogP contribution >= 0.6 is 39.3 Å². The van der Waals surface area contributed by atoms with E-state index in [1.165, 1.54) is 11.8 Å². The number of hydrogen-bond acceptors (Lipinski definition) is 3. The third-order valence-corrected chi connectivity index (χ3v) is 5.86. The molecule has 4 nitrogen and oxygen atoms in total. The van der Waals surface area contributed by atoms with Crippen LogP contribution in [-0.2, 0) is 21.9 Å². The first-order chi connectivity index (χ1) is 12.9. The van der Waals surface area contributed by atoms with Crippen LogP contribution in [0.2, 0.25) is 5.02 Å². The lowest BCUT2D eigenvalue weighted by atomic mass is 10.1. The Labute approximate surface area is 177 Å². The Hall–Kier alpha value is -1.50. The third kappa shape index (κ3) is 6.87. The largest absolute Gasteiger partial charge is 0.357 e. The minimum Gasteiger partial charge on any atom is -0.357 e. The Morgan fingerprint density at radius 2 is 1.70 bits per heavy atom. The monoisotopic (exact) mass is 468 g/mol. The average molecular weight is 470 g/mol. The van der Waals surface area contributed by atoms with Crippen molar-refractivity contribution >= 4 is 51.1 Å². The van der Waals surface area contributed by atoms with Crippen molar-refractivity contribution in [2.24, 2.45) is 0 Å². The lowest BCUT2D eigenvalue weighted by Gasteiger charge is -2.28. The van der Waals surface area contributed by atoms with Crippen LogP contribution in [0.4, 0.5) is 0 Å². The van der Waals surface area contributed by atoms with Crippen molar-refractivity contribution in [2.75, 3.05) is 12.8 Å². The van der Waals surface area contributed by atoms with E-state index in [2.05, 4.69) is 21.2 Å². The maximum Gasteiger partial charge on any atom is 0.242 e. The lowest BCUT2D eigenvalue weighted by Crippen LogP contribution is -2.47. The topological polar surface area (TPSA) is 49.4 Å². The van der Waals surface area contributed by atoms with Crippen LogP contribution in [0.1, 0.15) is 18.1 Å². The number of nitrogens with zero attached hydrogens (tertiary/aromatic N) is 1. The van der Waals surface area contributed by atoms with Gasteiger partial charge >= 0.3 is 0 Å². The summed E-state index contributed by atoms with van der Waals surface area (Å²) in [5.74, 6) is 0.797. The van der Waals surface area contributed by atoms with Gasteiger partial charge in [0.1, 0.15) is 6.04 Å². The maximum absolute atomic E-state index is 12.8. The van der Waals surface area contributed by atoms with E-state index < -0.39 is 6.04 Å². The predicted octanol–water partition coefficient (Wildman–Crippen LogP) is 4.50. The Morgan fingerprint density at radius 1 is 1.11 bits per heavy atom. The maximum atomic E-state index is 12.8. The van der Waals surface area contributed by atoms with E-state index in [1.807, 2.05) is 36.4 Å². The zero-order valence-electron chi connectivity index (χ0n) is 15.2. The summed E-state index contributed by atoms with van der Waals surface area (Å²) < 4.78 is 1.03. The summed E-state index contributed by atoms with van der Waals surface area (Å²) in [5.41, 5.74) is 2.08. The molecule has 1 atom stereocenters. The lowest BCUT2D eigenvalue weighted by molar-refractivity contribution is -0.138. The molecular weight excluding hydrogens is 448 g/mol. The van der Waals surface area contributed by atoms with E-state index >= 15 is 0 Å². The molecule has 0 aromatic heterocycles. The minimum atomic E-state index is -0.550. The first-order valence-electron chi connectivity index (χ1n) is 8.48.